The van der Waals surface area contributed by atoms with Crippen molar-refractivity contribution >= 4 is 11.8 Å². The molecular formula is C17H27NO2. The molecule has 0 heterocycles. The van der Waals surface area contributed by atoms with E-state index in [1.807, 2.05) is 20.8 Å². The molecule has 4 rings (SSSR count). The van der Waals surface area contributed by atoms with E-state index in [2.05, 4.69) is 5.32 Å². The number of amides is 2. The molecule has 0 radical (unpaired) electrons. The highest BCUT2D eigenvalue weighted by molar-refractivity contribution is 5.98. The van der Waals surface area contributed by atoms with Crippen molar-refractivity contribution in [2.75, 3.05) is 0 Å². The van der Waals surface area contributed by atoms with E-state index in [4.69, 9.17) is 0 Å². The maximum atomic E-state index is 12.6. The number of carbonyl (C=O) groups is 2. The lowest BCUT2D eigenvalue weighted by Gasteiger charge is -2.53. The number of nitrogens with one attached hydrogen (secondary N) is 1. The van der Waals surface area contributed by atoms with E-state index in [0.717, 1.165) is 18.3 Å². The predicted octanol–water partition coefficient (Wildman–Crippen LogP) is 3.14. The van der Waals surface area contributed by atoms with Crippen LogP contribution in [0.4, 0.5) is 0 Å². The minimum absolute atomic E-state index is 0.0188. The summed E-state index contributed by atoms with van der Waals surface area (Å²) in [6, 6.07) is 0. The Morgan fingerprint density at radius 2 is 1.50 bits per heavy atom. The number of hydrogen-bond donors (Lipinski definition) is 1. The van der Waals surface area contributed by atoms with E-state index in [1.54, 1.807) is 0 Å². The number of imide groups is 1. The van der Waals surface area contributed by atoms with Gasteiger partial charge in [0.15, 0.2) is 0 Å². The minimum Gasteiger partial charge on any atom is -0.296 e. The Labute approximate surface area is 121 Å². The summed E-state index contributed by atoms with van der Waals surface area (Å²) < 4.78 is 0. The second-order valence-electron chi connectivity index (χ2n) is 8.01. The Balaban J connectivity index is 1.68. The van der Waals surface area contributed by atoms with Crippen LogP contribution in [-0.2, 0) is 9.59 Å². The minimum atomic E-state index is -0.443. The topological polar surface area (TPSA) is 46.2 Å². The summed E-state index contributed by atoms with van der Waals surface area (Å²) >= 11 is 0. The summed E-state index contributed by atoms with van der Waals surface area (Å²) in [5.41, 5.74) is -0.443. The first-order valence-corrected chi connectivity index (χ1v) is 8.26. The highest BCUT2D eigenvalue weighted by Crippen LogP contribution is 2.56. The molecule has 0 saturated heterocycles. The van der Waals surface area contributed by atoms with Gasteiger partial charge < -0.3 is 0 Å². The zero-order chi connectivity index (χ0) is 14.5. The Morgan fingerprint density at radius 3 is 1.95 bits per heavy atom. The highest BCUT2D eigenvalue weighted by atomic mass is 16.2. The van der Waals surface area contributed by atoms with Crippen molar-refractivity contribution < 1.29 is 9.59 Å². The molecule has 4 bridgehead atoms. The largest absolute Gasteiger partial charge is 0.296 e. The fourth-order valence-corrected chi connectivity index (χ4v) is 4.88. The van der Waals surface area contributed by atoms with Crippen LogP contribution in [-0.4, -0.2) is 11.8 Å². The zero-order valence-electron chi connectivity index (χ0n) is 12.9. The van der Waals surface area contributed by atoms with Gasteiger partial charge in [-0.2, -0.15) is 0 Å². The van der Waals surface area contributed by atoms with Gasteiger partial charge in [-0.15, -0.1) is 0 Å². The molecule has 3 heteroatoms. The van der Waals surface area contributed by atoms with Gasteiger partial charge >= 0.3 is 0 Å². The van der Waals surface area contributed by atoms with Crippen LogP contribution < -0.4 is 5.32 Å². The zero-order valence-corrected chi connectivity index (χ0v) is 12.9. The van der Waals surface area contributed by atoms with Crippen LogP contribution in [0, 0.1) is 35.0 Å². The van der Waals surface area contributed by atoms with E-state index in [0.29, 0.717) is 11.8 Å². The van der Waals surface area contributed by atoms with Crippen molar-refractivity contribution in [2.24, 2.45) is 35.0 Å². The lowest BCUT2D eigenvalue weighted by Crippen LogP contribution is -2.53. The summed E-state index contributed by atoms with van der Waals surface area (Å²) in [5.74, 6) is 2.85. The molecule has 0 aromatic rings. The summed E-state index contributed by atoms with van der Waals surface area (Å²) in [4.78, 5) is 24.8. The molecule has 0 atom stereocenters. The second-order valence-corrected chi connectivity index (χ2v) is 8.01. The molecule has 1 N–H and O–H groups in total. The van der Waals surface area contributed by atoms with Crippen LogP contribution in [0.25, 0.3) is 0 Å². The first kappa shape index (κ1) is 14.1. The standard InChI is InChI=1S/C17H27NO2/c1-4-17(2,3)16(20)18-15(19)14-12-6-10-5-11(8-12)9-13(14)7-10/h10-14H,4-9H2,1-3H3,(H,18,19,20). The van der Waals surface area contributed by atoms with Crippen LogP contribution in [0.5, 0.6) is 0 Å². The predicted molar refractivity (Wildman–Crippen MR) is 77.8 cm³/mol. The van der Waals surface area contributed by atoms with Crippen molar-refractivity contribution in [2.45, 2.75) is 59.3 Å². The molecule has 0 aromatic carbocycles. The number of rotatable bonds is 3. The first-order valence-electron chi connectivity index (χ1n) is 8.26. The van der Waals surface area contributed by atoms with Crippen LogP contribution in [0.15, 0.2) is 0 Å². The van der Waals surface area contributed by atoms with E-state index in [9.17, 15) is 9.59 Å². The molecule has 20 heavy (non-hydrogen) atoms. The third-order valence-electron chi connectivity index (χ3n) is 6.26. The van der Waals surface area contributed by atoms with Crippen LogP contribution >= 0.6 is 0 Å². The van der Waals surface area contributed by atoms with E-state index < -0.39 is 5.41 Å². The monoisotopic (exact) mass is 277 g/mol. The maximum Gasteiger partial charge on any atom is 0.232 e. The molecule has 0 spiro atoms. The molecular weight excluding hydrogens is 250 g/mol. The lowest BCUT2D eigenvalue weighted by atomic mass is 9.51. The Bertz CT molecular complexity index is 399. The molecule has 3 nitrogen and oxygen atoms in total. The normalized spacial score (nSPS) is 38.9. The molecule has 0 aromatic heterocycles. The van der Waals surface area contributed by atoms with Gasteiger partial charge in [0.1, 0.15) is 0 Å². The van der Waals surface area contributed by atoms with Crippen molar-refractivity contribution in [3.05, 3.63) is 0 Å². The smallest absolute Gasteiger partial charge is 0.232 e. The van der Waals surface area contributed by atoms with Crippen molar-refractivity contribution in [1.82, 2.24) is 5.32 Å². The molecule has 4 saturated carbocycles. The number of hydrogen-bond acceptors (Lipinski definition) is 2. The van der Waals surface area contributed by atoms with E-state index >= 15 is 0 Å². The Hall–Kier alpha value is -0.860. The van der Waals surface area contributed by atoms with Gasteiger partial charge in [-0.25, -0.2) is 0 Å². The van der Waals surface area contributed by atoms with Gasteiger partial charge in [-0.3, -0.25) is 14.9 Å². The van der Waals surface area contributed by atoms with Crippen molar-refractivity contribution in [3.63, 3.8) is 0 Å². The van der Waals surface area contributed by atoms with Gasteiger partial charge in [-0.1, -0.05) is 20.8 Å². The summed E-state index contributed by atoms with van der Waals surface area (Å²) in [6.45, 7) is 5.81. The van der Waals surface area contributed by atoms with Crippen molar-refractivity contribution in [3.8, 4) is 0 Å². The molecule has 4 aliphatic rings. The third-order valence-corrected chi connectivity index (χ3v) is 6.26. The molecule has 4 fully saturated rings. The van der Waals surface area contributed by atoms with Crippen LogP contribution in [0.1, 0.15) is 59.3 Å². The van der Waals surface area contributed by atoms with Crippen molar-refractivity contribution in [1.29, 1.82) is 0 Å². The summed E-state index contributed by atoms with van der Waals surface area (Å²) in [6.07, 6.45) is 7.02. The Kier molecular flexibility index (Phi) is 3.42. The SMILES string of the molecule is CCC(C)(C)C(=O)NC(=O)C1C2CC3CC(C2)CC1C3. The average molecular weight is 277 g/mol. The highest BCUT2D eigenvalue weighted by Gasteiger charge is 2.51. The van der Waals surface area contributed by atoms with Gasteiger partial charge in [0, 0.05) is 11.3 Å². The second kappa shape index (κ2) is 4.85. The summed E-state index contributed by atoms with van der Waals surface area (Å²) in [5, 5.41) is 2.72. The number of carbonyl (C=O) groups excluding carboxylic acids is 2. The average Bonchev–Trinajstić information content (AvgIpc) is 2.37. The fraction of sp³-hybridized carbons (Fsp3) is 0.882. The molecule has 112 valence electrons. The van der Waals surface area contributed by atoms with Crippen LogP contribution in [0.2, 0.25) is 0 Å². The quantitative estimate of drug-likeness (QED) is 0.861. The first-order chi connectivity index (χ1) is 9.40. The molecule has 2 amide bonds. The maximum absolute atomic E-state index is 12.6. The van der Waals surface area contributed by atoms with Gasteiger partial charge in [0.2, 0.25) is 11.8 Å². The van der Waals surface area contributed by atoms with Crippen LogP contribution in [0.3, 0.4) is 0 Å². The van der Waals surface area contributed by atoms with E-state index in [-0.39, 0.29) is 17.7 Å². The van der Waals surface area contributed by atoms with Gasteiger partial charge in [-0.05, 0) is 62.2 Å². The third kappa shape index (κ3) is 2.29. The van der Waals surface area contributed by atoms with Gasteiger partial charge in [0.25, 0.3) is 0 Å². The van der Waals surface area contributed by atoms with E-state index in [1.165, 1.54) is 32.1 Å². The molecule has 0 unspecified atom stereocenters. The van der Waals surface area contributed by atoms with Gasteiger partial charge in [0.05, 0.1) is 0 Å². The molecule has 0 aliphatic heterocycles. The summed E-state index contributed by atoms with van der Waals surface area (Å²) in [7, 11) is 0. The fourth-order valence-electron chi connectivity index (χ4n) is 4.88. The Morgan fingerprint density at radius 1 is 1.00 bits per heavy atom. The lowest BCUT2D eigenvalue weighted by molar-refractivity contribution is -0.145. The molecule has 4 aliphatic carbocycles.